The number of carbonyl (C=O) groups is 2. The van der Waals surface area contributed by atoms with Crippen LogP contribution in [0.25, 0.3) is 11.1 Å². The third-order valence-electron chi connectivity index (χ3n) is 7.71. The number of rotatable bonds is 11. The second kappa shape index (κ2) is 14.2. The third-order valence-corrected chi connectivity index (χ3v) is 9.87. The molecule has 5 rings (SSSR count). The average molecular weight is 703 g/mol. The van der Waals surface area contributed by atoms with Crippen LogP contribution < -0.4 is 19.1 Å². The van der Waals surface area contributed by atoms with Crippen molar-refractivity contribution >= 4 is 39.2 Å². The molecule has 9 nitrogen and oxygen atoms in total. The number of esters is 1. The van der Waals surface area contributed by atoms with Crippen LogP contribution in [0.5, 0.6) is 11.5 Å². The first-order valence-corrected chi connectivity index (χ1v) is 16.4. The van der Waals surface area contributed by atoms with Gasteiger partial charge in [0.1, 0.15) is 12.6 Å². The largest absolute Gasteiger partial charge is 0.493 e. The Bertz CT molecular complexity index is 1940. The maximum Gasteiger partial charge on any atom is 0.416 e. The highest BCUT2D eigenvalue weighted by molar-refractivity contribution is 7.93. The second-order valence-corrected chi connectivity index (χ2v) is 13.0. The predicted molar refractivity (Wildman–Crippen MR) is 173 cm³/mol. The molecule has 1 aliphatic rings. The van der Waals surface area contributed by atoms with Crippen molar-refractivity contribution in [2.24, 2.45) is 0 Å². The Kier molecular flexibility index (Phi) is 10.2. The zero-order chi connectivity index (χ0) is 34.6. The van der Waals surface area contributed by atoms with Gasteiger partial charge in [-0.3, -0.25) is 13.9 Å². The Balaban J connectivity index is 1.31. The summed E-state index contributed by atoms with van der Waals surface area (Å²) in [6.45, 7) is 0.0729. The van der Waals surface area contributed by atoms with E-state index < -0.39 is 39.7 Å². The smallest absolute Gasteiger partial charge is 0.416 e. The molecule has 0 aliphatic carbocycles. The quantitative estimate of drug-likeness (QED) is 0.149. The first-order chi connectivity index (χ1) is 22.8. The number of hydrogen-bond acceptors (Lipinski definition) is 7. The fourth-order valence-electron chi connectivity index (χ4n) is 5.33. The predicted octanol–water partition coefficient (Wildman–Crippen LogP) is 6.07. The number of methoxy groups -OCH3 is 2. The molecule has 1 amide bonds. The van der Waals surface area contributed by atoms with Gasteiger partial charge in [0.25, 0.3) is 10.0 Å². The van der Waals surface area contributed by atoms with Gasteiger partial charge >= 0.3 is 12.1 Å². The fraction of sp³-hybridized carbons (Fsp3) is 0.235. The number of sulfonamides is 1. The summed E-state index contributed by atoms with van der Waals surface area (Å²) < 4.78 is 84.8. The Morgan fingerprint density at radius 3 is 2.38 bits per heavy atom. The summed E-state index contributed by atoms with van der Waals surface area (Å²) in [4.78, 5) is 24.9. The van der Waals surface area contributed by atoms with Crippen LogP contribution in [-0.2, 0) is 43.4 Å². The van der Waals surface area contributed by atoms with Gasteiger partial charge < -0.3 is 19.5 Å². The minimum absolute atomic E-state index is 0.0322. The number of amides is 1. The molecule has 4 aromatic rings. The number of carbonyl (C=O) groups excluding carboxylic acids is 2. The highest BCUT2D eigenvalue weighted by Crippen LogP contribution is 2.39. The molecule has 0 spiro atoms. The number of alkyl halides is 3. The van der Waals surface area contributed by atoms with Crippen LogP contribution in [0.2, 0.25) is 5.02 Å². The van der Waals surface area contributed by atoms with Gasteiger partial charge in [-0.05, 0) is 65.2 Å². The number of nitrogens with zero attached hydrogens (tertiary/aromatic N) is 1. The fourth-order valence-corrected chi connectivity index (χ4v) is 7.21. The van der Waals surface area contributed by atoms with Crippen LogP contribution in [-0.4, -0.2) is 53.7 Å². The molecule has 48 heavy (non-hydrogen) atoms. The van der Waals surface area contributed by atoms with E-state index in [0.29, 0.717) is 28.3 Å². The number of anilines is 1. The lowest BCUT2D eigenvalue weighted by Crippen LogP contribution is -2.48. The van der Waals surface area contributed by atoms with Crippen molar-refractivity contribution in [3.8, 4) is 22.6 Å². The Labute approximate surface area is 280 Å². The minimum Gasteiger partial charge on any atom is -0.493 e. The average Bonchev–Trinajstić information content (AvgIpc) is 3.47. The SMILES string of the molecule is COC(=O)Cc1ccc(OCCNC(=O)[C@@H]2Cc3ccccc3N2S(=O)(=O)c2ccc(-c3cc(C(F)(F)F)ccc3Cl)cc2)c(OC)c1. The van der Waals surface area contributed by atoms with Crippen LogP contribution in [0.1, 0.15) is 16.7 Å². The van der Waals surface area contributed by atoms with Crippen molar-refractivity contribution in [3.05, 3.63) is 107 Å². The Hall–Kier alpha value is -4.75. The van der Waals surface area contributed by atoms with Crippen molar-refractivity contribution in [3.63, 3.8) is 0 Å². The summed E-state index contributed by atoms with van der Waals surface area (Å²) in [5.74, 6) is -0.193. The molecule has 0 fully saturated rings. The number of hydrogen-bond donors (Lipinski definition) is 1. The van der Waals surface area contributed by atoms with Gasteiger partial charge in [-0.25, -0.2) is 8.42 Å². The number of benzene rings is 4. The summed E-state index contributed by atoms with van der Waals surface area (Å²) in [5, 5.41) is 2.81. The molecular formula is C34H30ClF3N2O7S. The number of nitrogens with one attached hydrogen (secondary N) is 1. The second-order valence-electron chi connectivity index (χ2n) is 10.7. The van der Waals surface area contributed by atoms with Gasteiger partial charge in [0.05, 0.1) is 43.3 Å². The molecule has 1 aliphatic heterocycles. The van der Waals surface area contributed by atoms with Gasteiger partial charge in [0, 0.05) is 17.0 Å². The molecule has 4 aromatic carbocycles. The highest BCUT2D eigenvalue weighted by atomic mass is 35.5. The normalized spacial score (nSPS) is 14.3. The van der Waals surface area contributed by atoms with E-state index in [-0.39, 0.29) is 47.0 Å². The third kappa shape index (κ3) is 7.37. The van der Waals surface area contributed by atoms with Gasteiger partial charge in [-0.15, -0.1) is 0 Å². The number of fused-ring (bicyclic) bond motifs is 1. The number of ether oxygens (including phenoxy) is 3. The Morgan fingerprint density at radius 2 is 1.69 bits per heavy atom. The van der Waals surface area contributed by atoms with Crippen LogP contribution >= 0.6 is 11.6 Å². The molecule has 0 bridgehead atoms. The summed E-state index contributed by atoms with van der Waals surface area (Å²) in [6, 6.07) is 18.8. The van der Waals surface area contributed by atoms with Crippen LogP contribution in [0.15, 0.2) is 89.8 Å². The van der Waals surface area contributed by atoms with Gasteiger partial charge in [0.2, 0.25) is 5.91 Å². The van der Waals surface area contributed by atoms with Crippen molar-refractivity contribution in [2.75, 3.05) is 31.7 Å². The zero-order valence-corrected chi connectivity index (χ0v) is 27.3. The molecule has 1 heterocycles. The van der Waals surface area contributed by atoms with Crippen LogP contribution in [0.3, 0.4) is 0 Å². The van der Waals surface area contributed by atoms with E-state index in [2.05, 4.69) is 10.1 Å². The van der Waals surface area contributed by atoms with Gasteiger partial charge in [-0.2, -0.15) is 13.2 Å². The first-order valence-electron chi connectivity index (χ1n) is 14.6. The lowest BCUT2D eigenvalue weighted by molar-refractivity contribution is -0.140. The van der Waals surface area contributed by atoms with Crippen molar-refractivity contribution < 1.29 is 45.4 Å². The summed E-state index contributed by atoms with van der Waals surface area (Å²) >= 11 is 6.19. The van der Waals surface area contributed by atoms with Crippen molar-refractivity contribution in [1.82, 2.24) is 5.32 Å². The summed E-state index contributed by atoms with van der Waals surface area (Å²) in [5.41, 5.74) is 1.15. The first kappa shape index (κ1) is 34.6. The molecule has 14 heteroatoms. The van der Waals surface area contributed by atoms with E-state index in [4.69, 9.17) is 21.1 Å². The van der Waals surface area contributed by atoms with Crippen LogP contribution in [0, 0.1) is 0 Å². The van der Waals surface area contributed by atoms with Gasteiger partial charge in [-0.1, -0.05) is 48.0 Å². The van der Waals surface area contributed by atoms with E-state index in [1.807, 2.05) is 0 Å². The topological polar surface area (TPSA) is 111 Å². The standard InChI is InChI=1S/C34H30ClF3N2O7S/c1-45-31-17-21(18-32(41)46-2)7-14-30(31)47-16-15-39-33(42)29-19-23-5-3-4-6-28(23)40(29)48(43,44)25-11-8-22(9-12-25)26-20-24(34(36,37)38)10-13-27(26)35/h3-14,17,20,29H,15-16,18-19H2,1-2H3,(H,39,42)/t29-/m0/s1. The maximum absolute atomic E-state index is 14.0. The molecule has 252 valence electrons. The lowest BCUT2D eigenvalue weighted by atomic mass is 10.0. The van der Waals surface area contributed by atoms with E-state index in [9.17, 15) is 31.2 Å². The molecule has 1 N–H and O–H groups in total. The molecular weight excluding hydrogens is 673 g/mol. The minimum atomic E-state index is -4.58. The van der Waals surface area contributed by atoms with Crippen molar-refractivity contribution in [2.45, 2.75) is 30.0 Å². The highest BCUT2D eigenvalue weighted by Gasteiger charge is 2.42. The maximum atomic E-state index is 14.0. The zero-order valence-electron chi connectivity index (χ0n) is 25.7. The van der Waals surface area contributed by atoms with E-state index >= 15 is 0 Å². The molecule has 1 atom stereocenters. The molecule has 0 saturated carbocycles. The van der Waals surface area contributed by atoms with Gasteiger partial charge in [0.15, 0.2) is 11.5 Å². The Morgan fingerprint density at radius 1 is 0.958 bits per heavy atom. The van der Waals surface area contributed by atoms with E-state index in [1.165, 1.54) is 38.5 Å². The number of para-hydroxylation sites is 1. The van der Waals surface area contributed by atoms with Crippen LogP contribution in [0.4, 0.5) is 18.9 Å². The van der Waals surface area contributed by atoms with E-state index in [0.717, 1.165) is 22.5 Å². The van der Waals surface area contributed by atoms with Crippen molar-refractivity contribution in [1.29, 1.82) is 0 Å². The number of halogens is 4. The summed E-state index contributed by atoms with van der Waals surface area (Å²) in [6.07, 6.45) is -4.41. The van der Waals surface area contributed by atoms with E-state index in [1.54, 1.807) is 42.5 Å². The molecule has 0 radical (unpaired) electrons. The monoisotopic (exact) mass is 702 g/mol. The molecule has 0 unspecified atom stereocenters. The lowest BCUT2D eigenvalue weighted by Gasteiger charge is -2.26. The molecule has 0 saturated heterocycles. The molecule has 0 aromatic heterocycles. The summed E-state index contributed by atoms with van der Waals surface area (Å²) in [7, 11) is -1.56.